The van der Waals surface area contributed by atoms with E-state index >= 15 is 0 Å². The second-order valence-electron chi connectivity index (χ2n) is 7.23. The molecular weight excluding hydrogens is 302 g/mol. The fourth-order valence-corrected chi connectivity index (χ4v) is 2.61. The van der Waals surface area contributed by atoms with Gasteiger partial charge in [-0.3, -0.25) is 0 Å². The van der Waals surface area contributed by atoms with E-state index in [-0.39, 0.29) is 18.2 Å². The summed E-state index contributed by atoms with van der Waals surface area (Å²) in [7, 11) is 4.04. The van der Waals surface area contributed by atoms with Crippen molar-refractivity contribution in [2.45, 2.75) is 52.8 Å². The summed E-state index contributed by atoms with van der Waals surface area (Å²) in [6.07, 6.45) is 1.10. The van der Waals surface area contributed by atoms with E-state index in [1.807, 2.05) is 52.2 Å². The van der Waals surface area contributed by atoms with Crippen molar-refractivity contribution in [2.24, 2.45) is 5.92 Å². The minimum Gasteiger partial charge on any atom is -0.491 e. The number of carbonyl (C=O) groups excluding carboxylic acids is 1. The van der Waals surface area contributed by atoms with Gasteiger partial charge in [-0.25, -0.2) is 4.79 Å². The van der Waals surface area contributed by atoms with Gasteiger partial charge in [-0.1, -0.05) is 26.0 Å². The summed E-state index contributed by atoms with van der Waals surface area (Å²) in [4.78, 5) is 14.3. The topological polar surface area (TPSA) is 53.6 Å². The van der Waals surface area contributed by atoms with E-state index in [2.05, 4.69) is 29.4 Å². The zero-order valence-corrected chi connectivity index (χ0v) is 15.9. The van der Waals surface area contributed by atoms with Crippen LogP contribution in [0.2, 0.25) is 0 Å². The van der Waals surface area contributed by atoms with Crippen molar-refractivity contribution >= 4 is 6.03 Å². The van der Waals surface area contributed by atoms with Crippen LogP contribution >= 0.6 is 0 Å². The zero-order chi connectivity index (χ0) is 18.1. The van der Waals surface area contributed by atoms with E-state index in [4.69, 9.17) is 4.74 Å². The van der Waals surface area contributed by atoms with E-state index in [0.29, 0.717) is 12.5 Å². The highest BCUT2D eigenvalue weighted by atomic mass is 16.5. The Morgan fingerprint density at radius 1 is 1.21 bits per heavy atom. The van der Waals surface area contributed by atoms with Gasteiger partial charge in [0.25, 0.3) is 0 Å². The van der Waals surface area contributed by atoms with Crippen molar-refractivity contribution in [3.63, 3.8) is 0 Å². The largest absolute Gasteiger partial charge is 0.491 e. The number of rotatable bonds is 9. The van der Waals surface area contributed by atoms with Crippen LogP contribution in [0.15, 0.2) is 24.3 Å². The first-order valence-corrected chi connectivity index (χ1v) is 8.71. The SMILES string of the molecule is CC(C)CC(CN(C)C)NC(=O)NCc1cccc(OC(C)C)c1. The molecule has 2 amide bonds. The maximum Gasteiger partial charge on any atom is 0.315 e. The quantitative estimate of drug-likeness (QED) is 0.728. The van der Waals surface area contributed by atoms with Crippen LogP contribution in [0.1, 0.15) is 39.7 Å². The van der Waals surface area contributed by atoms with Crippen LogP contribution in [-0.2, 0) is 6.54 Å². The lowest BCUT2D eigenvalue weighted by Gasteiger charge is -2.24. The molecule has 0 heterocycles. The number of amides is 2. The summed E-state index contributed by atoms with van der Waals surface area (Å²) >= 11 is 0. The normalized spacial score (nSPS) is 12.5. The van der Waals surface area contributed by atoms with Gasteiger partial charge in [-0.2, -0.15) is 0 Å². The lowest BCUT2D eigenvalue weighted by Crippen LogP contribution is -2.46. The second-order valence-corrected chi connectivity index (χ2v) is 7.23. The smallest absolute Gasteiger partial charge is 0.315 e. The molecular formula is C19H33N3O2. The van der Waals surface area contributed by atoms with Crippen LogP contribution in [0.5, 0.6) is 5.75 Å². The highest BCUT2D eigenvalue weighted by molar-refractivity contribution is 5.74. The third-order valence-corrected chi connectivity index (χ3v) is 3.40. The molecule has 1 rings (SSSR count). The first-order valence-electron chi connectivity index (χ1n) is 8.71. The van der Waals surface area contributed by atoms with Gasteiger partial charge in [0.15, 0.2) is 0 Å². The maximum absolute atomic E-state index is 12.2. The third-order valence-electron chi connectivity index (χ3n) is 3.40. The molecule has 0 radical (unpaired) electrons. The standard InChI is InChI=1S/C19H33N3O2/c1-14(2)10-17(13-22(5)6)21-19(23)20-12-16-8-7-9-18(11-16)24-15(3)4/h7-9,11,14-15,17H,10,12-13H2,1-6H3,(H2,20,21,23). The average Bonchev–Trinajstić information content (AvgIpc) is 2.43. The number of hydrogen-bond donors (Lipinski definition) is 2. The summed E-state index contributed by atoms with van der Waals surface area (Å²) in [6.45, 7) is 9.65. The molecule has 0 aliphatic heterocycles. The van der Waals surface area contributed by atoms with E-state index in [1.54, 1.807) is 0 Å². The number of benzene rings is 1. The van der Waals surface area contributed by atoms with E-state index < -0.39 is 0 Å². The Kier molecular flexibility index (Phi) is 8.61. The van der Waals surface area contributed by atoms with Crippen LogP contribution in [0.4, 0.5) is 4.79 Å². The molecule has 0 fully saturated rings. The number of carbonyl (C=O) groups is 1. The van der Waals surface area contributed by atoms with Crippen molar-refractivity contribution in [3.8, 4) is 5.75 Å². The van der Waals surface area contributed by atoms with Crippen LogP contribution in [0.25, 0.3) is 0 Å². The van der Waals surface area contributed by atoms with Crippen LogP contribution in [0.3, 0.4) is 0 Å². The first kappa shape index (κ1) is 20.3. The van der Waals surface area contributed by atoms with Gasteiger partial charge in [0.05, 0.1) is 6.10 Å². The van der Waals surface area contributed by atoms with Gasteiger partial charge in [-0.15, -0.1) is 0 Å². The van der Waals surface area contributed by atoms with Crippen LogP contribution in [0, 0.1) is 5.92 Å². The van der Waals surface area contributed by atoms with Crippen molar-refractivity contribution in [1.82, 2.24) is 15.5 Å². The second kappa shape index (κ2) is 10.2. The minimum absolute atomic E-state index is 0.127. The molecule has 1 atom stereocenters. The van der Waals surface area contributed by atoms with Crippen molar-refractivity contribution in [1.29, 1.82) is 0 Å². The predicted molar refractivity (Wildman–Crippen MR) is 99.4 cm³/mol. The molecule has 1 aromatic carbocycles. The molecule has 1 aromatic rings. The summed E-state index contributed by atoms with van der Waals surface area (Å²) < 4.78 is 5.68. The highest BCUT2D eigenvalue weighted by Gasteiger charge is 2.14. The molecule has 24 heavy (non-hydrogen) atoms. The molecule has 0 aliphatic rings. The Morgan fingerprint density at radius 2 is 1.92 bits per heavy atom. The number of ether oxygens (including phenoxy) is 1. The van der Waals surface area contributed by atoms with Crippen LogP contribution < -0.4 is 15.4 Å². The third kappa shape index (κ3) is 8.77. The summed E-state index contributed by atoms with van der Waals surface area (Å²) in [5.41, 5.74) is 1.02. The monoisotopic (exact) mass is 335 g/mol. The van der Waals surface area contributed by atoms with Gasteiger partial charge >= 0.3 is 6.03 Å². The maximum atomic E-state index is 12.2. The molecule has 5 heteroatoms. The summed E-state index contributed by atoms with van der Waals surface area (Å²) in [5, 5.41) is 6.01. The van der Waals surface area contributed by atoms with Gasteiger partial charge in [0.1, 0.15) is 5.75 Å². The first-order chi connectivity index (χ1) is 11.3. The Hall–Kier alpha value is -1.75. The van der Waals surface area contributed by atoms with Crippen molar-refractivity contribution in [3.05, 3.63) is 29.8 Å². The highest BCUT2D eigenvalue weighted by Crippen LogP contribution is 2.14. The van der Waals surface area contributed by atoms with Crippen LogP contribution in [-0.4, -0.2) is 43.7 Å². The van der Waals surface area contributed by atoms with Gasteiger partial charge < -0.3 is 20.3 Å². The Balaban J connectivity index is 2.52. The fourth-order valence-electron chi connectivity index (χ4n) is 2.61. The number of urea groups is 1. The number of nitrogens with zero attached hydrogens (tertiary/aromatic N) is 1. The number of likely N-dealkylation sites (N-methyl/N-ethyl adjacent to an activating group) is 1. The Morgan fingerprint density at radius 3 is 2.50 bits per heavy atom. The van der Waals surface area contributed by atoms with Gasteiger partial charge in [0, 0.05) is 19.1 Å². The average molecular weight is 335 g/mol. The summed E-state index contributed by atoms with van der Waals surface area (Å²) in [5.74, 6) is 1.37. The van der Waals surface area contributed by atoms with Crippen molar-refractivity contribution in [2.75, 3.05) is 20.6 Å². The minimum atomic E-state index is -0.127. The molecule has 0 bridgehead atoms. The number of nitrogens with one attached hydrogen (secondary N) is 2. The molecule has 2 N–H and O–H groups in total. The predicted octanol–water partition coefficient (Wildman–Crippen LogP) is 3.25. The number of hydrogen-bond acceptors (Lipinski definition) is 3. The molecule has 1 unspecified atom stereocenters. The lowest BCUT2D eigenvalue weighted by atomic mass is 10.0. The molecule has 0 spiro atoms. The molecule has 136 valence electrons. The fraction of sp³-hybridized carbons (Fsp3) is 0.632. The van der Waals surface area contributed by atoms with E-state index in [1.165, 1.54) is 0 Å². The zero-order valence-electron chi connectivity index (χ0n) is 15.9. The molecule has 0 aromatic heterocycles. The van der Waals surface area contributed by atoms with Crippen molar-refractivity contribution < 1.29 is 9.53 Å². The Labute approximate surface area is 146 Å². The molecule has 0 saturated heterocycles. The van der Waals surface area contributed by atoms with Gasteiger partial charge in [0.2, 0.25) is 0 Å². The molecule has 0 saturated carbocycles. The van der Waals surface area contributed by atoms with Gasteiger partial charge in [-0.05, 0) is 58.0 Å². The molecule has 0 aliphatic carbocycles. The lowest BCUT2D eigenvalue weighted by molar-refractivity contribution is 0.228. The molecule has 5 nitrogen and oxygen atoms in total. The Bertz CT molecular complexity index is 491. The summed E-state index contributed by atoms with van der Waals surface area (Å²) in [6, 6.07) is 7.85. The van der Waals surface area contributed by atoms with E-state index in [9.17, 15) is 4.79 Å². The van der Waals surface area contributed by atoms with E-state index in [0.717, 1.165) is 24.3 Å².